The Labute approximate surface area is 114 Å². The lowest BCUT2D eigenvalue weighted by atomic mass is 10.3. The first-order valence-corrected chi connectivity index (χ1v) is 5.92. The number of halogens is 2. The van der Waals surface area contributed by atoms with E-state index in [9.17, 15) is 8.78 Å². The van der Waals surface area contributed by atoms with Crippen molar-refractivity contribution in [3.8, 4) is 11.6 Å². The Kier molecular flexibility index (Phi) is 4.41. The molecule has 0 spiro atoms. The SMILES string of the molecule is CCOCc1nc(N)cc(Oc2cc(F)cc(F)c2)n1. The lowest BCUT2D eigenvalue weighted by Gasteiger charge is -2.08. The van der Waals surface area contributed by atoms with E-state index in [1.54, 1.807) is 0 Å². The van der Waals surface area contributed by atoms with E-state index < -0.39 is 11.6 Å². The lowest BCUT2D eigenvalue weighted by Crippen LogP contribution is -2.03. The van der Waals surface area contributed by atoms with Gasteiger partial charge in [-0.1, -0.05) is 0 Å². The smallest absolute Gasteiger partial charge is 0.224 e. The van der Waals surface area contributed by atoms with Gasteiger partial charge in [-0.25, -0.2) is 13.8 Å². The number of benzene rings is 1. The molecule has 20 heavy (non-hydrogen) atoms. The summed E-state index contributed by atoms with van der Waals surface area (Å²) in [4.78, 5) is 8.00. The predicted molar refractivity (Wildman–Crippen MR) is 68.2 cm³/mol. The summed E-state index contributed by atoms with van der Waals surface area (Å²) in [5.74, 6) is -0.881. The Morgan fingerprint density at radius 2 is 1.80 bits per heavy atom. The zero-order chi connectivity index (χ0) is 14.5. The minimum atomic E-state index is -0.739. The van der Waals surface area contributed by atoms with Gasteiger partial charge in [0, 0.05) is 30.9 Å². The van der Waals surface area contributed by atoms with E-state index in [1.165, 1.54) is 6.07 Å². The summed E-state index contributed by atoms with van der Waals surface area (Å²) in [6, 6.07) is 4.20. The van der Waals surface area contributed by atoms with E-state index in [2.05, 4.69) is 9.97 Å². The van der Waals surface area contributed by atoms with Crippen molar-refractivity contribution in [1.82, 2.24) is 9.97 Å². The highest BCUT2D eigenvalue weighted by atomic mass is 19.1. The molecule has 0 aliphatic rings. The molecule has 0 bridgehead atoms. The third-order valence-electron chi connectivity index (χ3n) is 2.26. The van der Waals surface area contributed by atoms with E-state index in [4.69, 9.17) is 15.2 Å². The Balaban J connectivity index is 2.21. The van der Waals surface area contributed by atoms with Crippen LogP contribution in [-0.2, 0) is 11.3 Å². The van der Waals surface area contributed by atoms with Crippen LogP contribution < -0.4 is 10.5 Å². The number of anilines is 1. The van der Waals surface area contributed by atoms with Crippen molar-refractivity contribution in [2.45, 2.75) is 13.5 Å². The molecule has 0 unspecified atom stereocenters. The Morgan fingerprint density at radius 3 is 2.45 bits per heavy atom. The summed E-state index contributed by atoms with van der Waals surface area (Å²) in [7, 11) is 0. The number of nitrogens with two attached hydrogens (primary N) is 1. The molecule has 0 atom stereocenters. The van der Waals surface area contributed by atoms with Crippen LogP contribution in [0.2, 0.25) is 0 Å². The fourth-order valence-corrected chi connectivity index (χ4v) is 1.51. The highest BCUT2D eigenvalue weighted by molar-refractivity contribution is 5.36. The highest BCUT2D eigenvalue weighted by Gasteiger charge is 2.07. The molecule has 5 nitrogen and oxygen atoms in total. The number of nitrogens with zero attached hydrogens (tertiary/aromatic N) is 2. The maximum absolute atomic E-state index is 13.1. The fourth-order valence-electron chi connectivity index (χ4n) is 1.51. The van der Waals surface area contributed by atoms with Gasteiger partial charge in [-0.3, -0.25) is 0 Å². The molecular weight excluding hydrogens is 268 g/mol. The summed E-state index contributed by atoms with van der Waals surface area (Å²) >= 11 is 0. The molecule has 2 aromatic rings. The Bertz CT molecular complexity index is 588. The van der Waals surface area contributed by atoms with Gasteiger partial charge in [-0.2, -0.15) is 4.98 Å². The quantitative estimate of drug-likeness (QED) is 0.912. The van der Waals surface area contributed by atoms with E-state index in [0.717, 1.165) is 18.2 Å². The molecule has 0 aliphatic heterocycles. The van der Waals surface area contributed by atoms with E-state index in [-0.39, 0.29) is 24.1 Å². The van der Waals surface area contributed by atoms with Gasteiger partial charge in [-0.15, -0.1) is 0 Å². The second-order valence-corrected chi connectivity index (χ2v) is 3.89. The number of hydrogen-bond donors (Lipinski definition) is 1. The number of nitrogen functional groups attached to an aromatic ring is 1. The average molecular weight is 281 g/mol. The first-order chi connectivity index (χ1) is 9.56. The van der Waals surface area contributed by atoms with E-state index >= 15 is 0 Å². The average Bonchev–Trinajstić information content (AvgIpc) is 2.34. The Morgan fingerprint density at radius 1 is 1.10 bits per heavy atom. The third kappa shape index (κ3) is 3.86. The van der Waals surface area contributed by atoms with Crippen LogP contribution in [0.15, 0.2) is 24.3 Å². The van der Waals surface area contributed by atoms with Gasteiger partial charge in [0.1, 0.15) is 29.8 Å². The molecule has 2 N–H and O–H groups in total. The van der Waals surface area contributed by atoms with Crippen LogP contribution in [0.1, 0.15) is 12.7 Å². The molecular formula is C13H13F2N3O2. The van der Waals surface area contributed by atoms with Crippen LogP contribution in [-0.4, -0.2) is 16.6 Å². The molecule has 0 saturated carbocycles. The van der Waals surface area contributed by atoms with Crippen LogP contribution in [0.5, 0.6) is 11.6 Å². The number of aromatic nitrogens is 2. The first kappa shape index (κ1) is 14.1. The van der Waals surface area contributed by atoms with Crippen molar-refractivity contribution < 1.29 is 18.3 Å². The predicted octanol–water partition coefficient (Wildman–Crippen LogP) is 2.67. The normalized spacial score (nSPS) is 10.6. The third-order valence-corrected chi connectivity index (χ3v) is 2.26. The highest BCUT2D eigenvalue weighted by Crippen LogP contribution is 2.23. The largest absolute Gasteiger partial charge is 0.439 e. The second kappa shape index (κ2) is 6.25. The summed E-state index contributed by atoms with van der Waals surface area (Å²) in [5.41, 5.74) is 5.61. The standard InChI is InChI=1S/C13H13F2N3O2/c1-2-19-7-12-17-11(16)6-13(18-12)20-10-4-8(14)3-9(15)5-10/h3-6H,2,7H2,1H3,(H2,16,17,18). The van der Waals surface area contributed by atoms with Crippen LogP contribution in [0, 0.1) is 11.6 Å². The monoisotopic (exact) mass is 281 g/mol. The van der Waals surface area contributed by atoms with E-state index in [1.807, 2.05) is 6.92 Å². The molecule has 2 rings (SSSR count). The molecule has 0 saturated heterocycles. The fraction of sp³-hybridized carbons (Fsp3) is 0.231. The summed E-state index contributed by atoms with van der Waals surface area (Å²) in [6.07, 6.45) is 0. The topological polar surface area (TPSA) is 70.3 Å². The first-order valence-electron chi connectivity index (χ1n) is 5.92. The summed E-state index contributed by atoms with van der Waals surface area (Å²) in [6.45, 7) is 2.51. The maximum atomic E-state index is 13.1. The number of ether oxygens (including phenoxy) is 2. The van der Waals surface area contributed by atoms with Crippen molar-refractivity contribution in [2.24, 2.45) is 0 Å². The molecule has 1 aromatic carbocycles. The maximum Gasteiger partial charge on any atom is 0.224 e. The van der Waals surface area contributed by atoms with Crippen molar-refractivity contribution in [2.75, 3.05) is 12.3 Å². The molecule has 1 aromatic heterocycles. The second-order valence-electron chi connectivity index (χ2n) is 3.89. The van der Waals surface area contributed by atoms with Crippen molar-refractivity contribution >= 4 is 5.82 Å². The molecule has 106 valence electrons. The van der Waals surface area contributed by atoms with Gasteiger partial charge in [-0.05, 0) is 6.92 Å². The van der Waals surface area contributed by atoms with Crippen molar-refractivity contribution in [1.29, 1.82) is 0 Å². The van der Waals surface area contributed by atoms with Crippen molar-refractivity contribution in [3.05, 3.63) is 41.7 Å². The van der Waals surface area contributed by atoms with Crippen molar-refractivity contribution in [3.63, 3.8) is 0 Å². The van der Waals surface area contributed by atoms with Gasteiger partial charge in [0.05, 0.1) is 0 Å². The lowest BCUT2D eigenvalue weighted by molar-refractivity contribution is 0.128. The molecule has 0 aliphatic carbocycles. The number of rotatable bonds is 5. The minimum Gasteiger partial charge on any atom is -0.439 e. The Hall–Kier alpha value is -2.28. The molecule has 7 heteroatoms. The minimum absolute atomic E-state index is 0.0111. The molecule has 0 amide bonds. The van der Waals surface area contributed by atoms with Crippen LogP contribution in [0.3, 0.4) is 0 Å². The van der Waals surface area contributed by atoms with E-state index in [0.29, 0.717) is 12.4 Å². The van der Waals surface area contributed by atoms with Gasteiger partial charge < -0.3 is 15.2 Å². The van der Waals surface area contributed by atoms with Gasteiger partial charge in [0.2, 0.25) is 5.88 Å². The zero-order valence-electron chi connectivity index (χ0n) is 10.8. The van der Waals surface area contributed by atoms with Crippen LogP contribution >= 0.6 is 0 Å². The van der Waals surface area contributed by atoms with Gasteiger partial charge >= 0.3 is 0 Å². The van der Waals surface area contributed by atoms with Gasteiger partial charge in [0.15, 0.2) is 5.82 Å². The van der Waals surface area contributed by atoms with Gasteiger partial charge in [0.25, 0.3) is 0 Å². The van der Waals surface area contributed by atoms with Crippen LogP contribution in [0.4, 0.5) is 14.6 Å². The molecule has 1 heterocycles. The molecule has 0 fully saturated rings. The summed E-state index contributed by atoms with van der Waals surface area (Å²) in [5, 5.41) is 0. The summed E-state index contributed by atoms with van der Waals surface area (Å²) < 4.78 is 36.6. The molecule has 0 radical (unpaired) electrons. The van der Waals surface area contributed by atoms with Crippen LogP contribution in [0.25, 0.3) is 0 Å². The zero-order valence-corrected chi connectivity index (χ0v) is 10.8. The number of hydrogen-bond acceptors (Lipinski definition) is 5.